The summed E-state index contributed by atoms with van der Waals surface area (Å²) in [5.41, 5.74) is 2.41. The van der Waals surface area contributed by atoms with Crippen molar-refractivity contribution in [2.24, 2.45) is 0 Å². The van der Waals surface area contributed by atoms with Crippen LogP contribution >= 0.6 is 23.2 Å². The van der Waals surface area contributed by atoms with Crippen LogP contribution in [0, 0.1) is 0 Å². The van der Waals surface area contributed by atoms with Crippen molar-refractivity contribution in [3.8, 4) is 0 Å². The van der Waals surface area contributed by atoms with E-state index in [9.17, 15) is 0 Å². The summed E-state index contributed by atoms with van der Waals surface area (Å²) < 4.78 is 1.84. The van der Waals surface area contributed by atoms with Crippen molar-refractivity contribution in [3.63, 3.8) is 0 Å². The minimum absolute atomic E-state index is 0.371. The van der Waals surface area contributed by atoms with Gasteiger partial charge in [0.1, 0.15) is 11.8 Å². The fraction of sp³-hybridized carbons (Fsp3) is 0. The minimum atomic E-state index is 0.371. The Hall–Kier alpha value is -1.32. The molecule has 0 radical (unpaired) electrons. The van der Waals surface area contributed by atoms with Crippen molar-refractivity contribution >= 4 is 39.8 Å². The molecule has 0 aliphatic rings. The van der Waals surface area contributed by atoms with E-state index in [1.54, 1.807) is 6.33 Å². The number of benzene rings is 1. The summed E-state index contributed by atoms with van der Waals surface area (Å²) in [5.74, 6) is 0. The number of nitrogens with zero attached hydrogens (tertiary/aromatic N) is 3. The van der Waals surface area contributed by atoms with E-state index in [-0.39, 0.29) is 0 Å². The molecule has 0 spiro atoms. The van der Waals surface area contributed by atoms with Gasteiger partial charge in [-0.3, -0.25) is 4.40 Å². The lowest BCUT2D eigenvalue weighted by molar-refractivity contribution is 1.19. The Morgan fingerprint density at radius 2 is 1.87 bits per heavy atom. The van der Waals surface area contributed by atoms with E-state index in [0.717, 1.165) is 11.0 Å². The molecule has 2 heterocycles. The average molecular weight is 238 g/mol. The average Bonchev–Trinajstić information content (AvgIpc) is 2.62. The van der Waals surface area contributed by atoms with E-state index in [1.807, 2.05) is 28.7 Å². The second kappa shape index (κ2) is 3.08. The molecule has 0 N–H and O–H groups in total. The molecule has 15 heavy (non-hydrogen) atoms. The Kier molecular flexibility index (Phi) is 1.84. The molecular formula is C10H5Cl2N3. The Morgan fingerprint density at radius 3 is 2.73 bits per heavy atom. The maximum Gasteiger partial charge on any atom is 0.158 e. The molecule has 0 saturated carbocycles. The summed E-state index contributed by atoms with van der Waals surface area (Å²) in [4.78, 5) is 8.27. The van der Waals surface area contributed by atoms with Gasteiger partial charge in [-0.15, -0.1) is 0 Å². The monoisotopic (exact) mass is 237 g/mol. The highest BCUT2D eigenvalue weighted by Gasteiger charge is 2.10. The fourth-order valence-electron chi connectivity index (χ4n) is 1.61. The first-order valence-corrected chi connectivity index (χ1v) is 5.10. The van der Waals surface area contributed by atoms with Crippen LogP contribution in [0.1, 0.15) is 0 Å². The summed E-state index contributed by atoms with van der Waals surface area (Å²) in [7, 11) is 0. The third-order valence-corrected chi connectivity index (χ3v) is 2.82. The van der Waals surface area contributed by atoms with Crippen molar-refractivity contribution in [3.05, 3.63) is 40.9 Å². The van der Waals surface area contributed by atoms with Crippen LogP contribution in [0.25, 0.3) is 16.6 Å². The van der Waals surface area contributed by atoms with E-state index in [0.29, 0.717) is 15.8 Å². The second-order valence-electron chi connectivity index (χ2n) is 3.15. The van der Waals surface area contributed by atoms with Crippen molar-refractivity contribution in [2.45, 2.75) is 0 Å². The van der Waals surface area contributed by atoms with Crippen LogP contribution in [0.5, 0.6) is 0 Å². The van der Waals surface area contributed by atoms with E-state index in [4.69, 9.17) is 23.2 Å². The molecule has 0 atom stereocenters. The quantitative estimate of drug-likeness (QED) is 0.602. The molecule has 0 amide bonds. The SMILES string of the molecule is Clc1ncn2c1c(Cl)nc1ccccc12. The Balaban J connectivity index is 2.65. The van der Waals surface area contributed by atoms with Gasteiger partial charge in [-0.05, 0) is 12.1 Å². The van der Waals surface area contributed by atoms with Gasteiger partial charge < -0.3 is 0 Å². The van der Waals surface area contributed by atoms with Gasteiger partial charge in [0.2, 0.25) is 0 Å². The van der Waals surface area contributed by atoms with Crippen LogP contribution in [-0.2, 0) is 0 Å². The minimum Gasteiger partial charge on any atom is -0.293 e. The number of imidazole rings is 1. The highest BCUT2D eigenvalue weighted by molar-refractivity contribution is 6.38. The lowest BCUT2D eigenvalue weighted by Gasteiger charge is -2.02. The number of fused-ring (bicyclic) bond motifs is 3. The maximum atomic E-state index is 6.03. The zero-order valence-electron chi connectivity index (χ0n) is 7.48. The van der Waals surface area contributed by atoms with Crippen LogP contribution in [0.2, 0.25) is 10.3 Å². The molecule has 0 unspecified atom stereocenters. The van der Waals surface area contributed by atoms with Gasteiger partial charge in [0, 0.05) is 0 Å². The van der Waals surface area contributed by atoms with Gasteiger partial charge in [-0.1, -0.05) is 35.3 Å². The molecule has 74 valence electrons. The zero-order chi connectivity index (χ0) is 10.4. The van der Waals surface area contributed by atoms with Gasteiger partial charge in [0.15, 0.2) is 10.3 Å². The summed E-state index contributed by atoms with van der Waals surface area (Å²) >= 11 is 11.9. The largest absolute Gasteiger partial charge is 0.293 e. The first-order valence-electron chi connectivity index (χ1n) is 4.34. The van der Waals surface area contributed by atoms with Crippen LogP contribution in [0.4, 0.5) is 0 Å². The number of hydrogen-bond donors (Lipinski definition) is 0. The number of para-hydroxylation sites is 2. The number of aromatic nitrogens is 3. The summed E-state index contributed by atoms with van der Waals surface area (Å²) in [6.45, 7) is 0. The Morgan fingerprint density at radius 1 is 1.07 bits per heavy atom. The standard InChI is InChI=1S/C10H5Cl2N3/c11-9-8-10(12)14-6-3-1-2-4-7(6)15(8)5-13-9/h1-5H. The molecule has 5 heteroatoms. The molecule has 2 aromatic heterocycles. The highest BCUT2D eigenvalue weighted by atomic mass is 35.5. The van der Waals surface area contributed by atoms with E-state index in [2.05, 4.69) is 9.97 Å². The second-order valence-corrected chi connectivity index (χ2v) is 3.86. The molecule has 0 aliphatic heterocycles. The van der Waals surface area contributed by atoms with E-state index < -0.39 is 0 Å². The van der Waals surface area contributed by atoms with Crippen LogP contribution in [0.15, 0.2) is 30.6 Å². The Bertz CT molecular complexity index is 660. The van der Waals surface area contributed by atoms with Gasteiger partial charge in [0.25, 0.3) is 0 Å². The van der Waals surface area contributed by atoms with Gasteiger partial charge >= 0.3 is 0 Å². The number of rotatable bonds is 0. The van der Waals surface area contributed by atoms with E-state index in [1.165, 1.54) is 0 Å². The first kappa shape index (κ1) is 8.95. The van der Waals surface area contributed by atoms with Gasteiger partial charge in [-0.25, -0.2) is 9.97 Å². The zero-order valence-corrected chi connectivity index (χ0v) is 9.00. The molecule has 3 rings (SSSR count). The maximum absolute atomic E-state index is 6.03. The molecule has 0 bridgehead atoms. The molecule has 0 aliphatic carbocycles. The van der Waals surface area contributed by atoms with Gasteiger partial charge in [0.05, 0.1) is 11.0 Å². The van der Waals surface area contributed by atoms with Crippen LogP contribution in [-0.4, -0.2) is 14.4 Å². The lowest BCUT2D eigenvalue weighted by atomic mass is 10.3. The fourth-order valence-corrected chi connectivity index (χ4v) is 2.16. The van der Waals surface area contributed by atoms with Crippen molar-refractivity contribution in [2.75, 3.05) is 0 Å². The molecule has 3 aromatic rings. The van der Waals surface area contributed by atoms with Crippen LogP contribution < -0.4 is 0 Å². The number of hydrogen-bond acceptors (Lipinski definition) is 2. The summed E-state index contributed by atoms with van der Waals surface area (Å²) in [6, 6.07) is 7.69. The first-order chi connectivity index (χ1) is 7.27. The normalized spacial score (nSPS) is 11.3. The third-order valence-electron chi connectivity index (χ3n) is 2.28. The highest BCUT2D eigenvalue weighted by Crippen LogP contribution is 2.26. The molecule has 0 fully saturated rings. The van der Waals surface area contributed by atoms with Crippen LogP contribution in [0.3, 0.4) is 0 Å². The third kappa shape index (κ3) is 1.20. The number of halogens is 2. The van der Waals surface area contributed by atoms with Gasteiger partial charge in [-0.2, -0.15) is 0 Å². The Labute approximate surface area is 95.3 Å². The van der Waals surface area contributed by atoms with Crippen molar-refractivity contribution < 1.29 is 0 Å². The summed E-state index contributed by atoms with van der Waals surface area (Å²) in [5, 5.41) is 0.745. The summed E-state index contributed by atoms with van der Waals surface area (Å²) in [6.07, 6.45) is 1.65. The van der Waals surface area contributed by atoms with E-state index >= 15 is 0 Å². The predicted octanol–water partition coefficient (Wildman–Crippen LogP) is 3.19. The molecule has 0 saturated heterocycles. The molecule has 3 nitrogen and oxygen atoms in total. The van der Waals surface area contributed by atoms with Crippen molar-refractivity contribution in [1.29, 1.82) is 0 Å². The van der Waals surface area contributed by atoms with Crippen molar-refractivity contribution in [1.82, 2.24) is 14.4 Å². The topological polar surface area (TPSA) is 30.2 Å². The molecular weight excluding hydrogens is 233 g/mol. The smallest absolute Gasteiger partial charge is 0.158 e. The molecule has 1 aromatic carbocycles. The lowest BCUT2D eigenvalue weighted by Crippen LogP contribution is -1.90. The predicted molar refractivity (Wildman–Crippen MR) is 60.5 cm³/mol.